The standard InChI is InChI=1S/C20H24FN3O4/c1-26-10-9-24-13-20(15-11-14(21)3-4-16(15)24)5-7-23(8-6-20)19(25)17-12-18(27-2)22-28-17/h3-4,11-12H,5-10,13H2,1-2H3. The number of piperidine rings is 1. The van der Waals surface area contributed by atoms with Crippen molar-refractivity contribution in [3.05, 3.63) is 41.4 Å². The average Bonchev–Trinajstić information content (AvgIpc) is 3.30. The van der Waals surface area contributed by atoms with Crippen LogP contribution in [-0.4, -0.2) is 63.0 Å². The summed E-state index contributed by atoms with van der Waals surface area (Å²) in [5.41, 5.74) is 1.95. The Kier molecular flexibility index (Phi) is 4.97. The van der Waals surface area contributed by atoms with E-state index < -0.39 is 0 Å². The minimum absolute atomic E-state index is 0.152. The number of nitrogens with zero attached hydrogens (tertiary/aromatic N) is 3. The fourth-order valence-corrected chi connectivity index (χ4v) is 4.32. The maximum atomic E-state index is 14.0. The van der Waals surface area contributed by atoms with Crippen molar-refractivity contribution in [2.45, 2.75) is 18.3 Å². The molecule has 0 atom stereocenters. The van der Waals surface area contributed by atoms with Gasteiger partial charge in [0.05, 0.1) is 19.8 Å². The first kappa shape index (κ1) is 18.7. The molecule has 4 rings (SSSR count). The summed E-state index contributed by atoms with van der Waals surface area (Å²) in [6.45, 7) is 3.35. The Morgan fingerprint density at radius 2 is 2.07 bits per heavy atom. The molecule has 2 aliphatic heterocycles. The van der Waals surface area contributed by atoms with Crippen LogP contribution in [0.3, 0.4) is 0 Å². The quantitative estimate of drug-likeness (QED) is 0.783. The predicted molar refractivity (Wildman–Crippen MR) is 100 cm³/mol. The van der Waals surface area contributed by atoms with Gasteiger partial charge in [0, 0.05) is 44.4 Å². The average molecular weight is 389 g/mol. The van der Waals surface area contributed by atoms with Gasteiger partial charge in [-0.15, -0.1) is 0 Å². The topological polar surface area (TPSA) is 68.0 Å². The highest BCUT2D eigenvalue weighted by atomic mass is 19.1. The van der Waals surface area contributed by atoms with Gasteiger partial charge in [-0.05, 0) is 41.8 Å². The van der Waals surface area contributed by atoms with Crippen LogP contribution in [0.2, 0.25) is 0 Å². The molecule has 1 aromatic carbocycles. The van der Waals surface area contributed by atoms with Crippen molar-refractivity contribution in [2.75, 3.05) is 51.9 Å². The van der Waals surface area contributed by atoms with Crippen molar-refractivity contribution in [3.8, 4) is 5.88 Å². The van der Waals surface area contributed by atoms with E-state index in [0.717, 1.165) is 37.2 Å². The number of aromatic nitrogens is 1. The predicted octanol–water partition coefficient (Wildman–Crippen LogP) is 2.46. The van der Waals surface area contributed by atoms with Gasteiger partial charge in [0.1, 0.15) is 5.82 Å². The van der Waals surface area contributed by atoms with E-state index >= 15 is 0 Å². The van der Waals surface area contributed by atoms with Crippen molar-refractivity contribution in [1.29, 1.82) is 0 Å². The lowest BCUT2D eigenvalue weighted by Crippen LogP contribution is -2.47. The van der Waals surface area contributed by atoms with E-state index in [9.17, 15) is 9.18 Å². The van der Waals surface area contributed by atoms with Gasteiger partial charge in [-0.1, -0.05) is 0 Å². The van der Waals surface area contributed by atoms with Gasteiger partial charge in [0.25, 0.3) is 11.8 Å². The van der Waals surface area contributed by atoms with Gasteiger partial charge in [0.2, 0.25) is 5.76 Å². The summed E-state index contributed by atoms with van der Waals surface area (Å²) in [5, 5.41) is 3.69. The van der Waals surface area contributed by atoms with Crippen LogP contribution in [0.5, 0.6) is 5.88 Å². The first-order chi connectivity index (χ1) is 13.6. The largest absolute Gasteiger partial charge is 0.479 e. The minimum atomic E-state index is -0.223. The molecule has 1 saturated heterocycles. The minimum Gasteiger partial charge on any atom is -0.479 e. The van der Waals surface area contributed by atoms with Gasteiger partial charge >= 0.3 is 0 Å². The van der Waals surface area contributed by atoms with Crippen LogP contribution in [0.4, 0.5) is 10.1 Å². The van der Waals surface area contributed by atoms with Crippen molar-refractivity contribution in [1.82, 2.24) is 10.1 Å². The molecule has 28 heavy (non-hydrogen) atoms. The number of amides is 1. The van der Waals surface area contributed by atoms with E-state index in [-0.39, 0.29) is 28.8 Å². The Bertz CT molecular complexity index is 861. The van der Waals surface area contributed by atoms with Crippen LogP contribution in [0.25, 0.3) is 0 Å². The Hall–Kier alpha value is -2.61. The molecule has 0 unspecified atom stereocenters. The molecule has 0 radical (unpaired) electrons. The summed E-state index contributed by atoms with van der Waals surface area (Å²) in [5.74, 6) is 0.0385. The first-order valence-corrected chi connectivity index (χ1v) is 9.40. The Morgan fingerprint density at radius 1 is 1.29 bits per heavy atom. The molecular formula is C20H24FN3O4. The van der Waals surface area contributed by atoms with Crippen LogP contribution in [-0.2, 0) is 10.2 Å². The summed E-state index contributed by atoms with van der Waals surface area (Å²) < 4.78 is 29.3. The number of likely N-dealkylation sites (tertiary alicyclic amines) is 1. The molecule has 1 spiro atoms. The Labute approximate surface area is 163 Å². The summed E-state index contributed by atoms with van der Waals surface area (Å²) >= 11 is 0. The number of fused-ring (bicyclic) bond motifs is 2. The maximum Gasteiger partial charge on any atom is 0.292 e. The number of ether oxygens (including phenoxy) is 2. The molecule has 3 heterocycles. The first-order valence-electron chi connectivity index (χ1n) is 9.40. The number of benzene rings is 1. The van der Waals surface area contributed by atoms with Gasteiger partial charge < -0.3 is 23.8 Å². The van der Waals surface area contributed by atoms with Crippen molar-refractivity contribution >= 4 is 11.6 Å². The second kappa shape index (κ2) is 7.43. The highest BCUT2D eigenvalue weighted by Crippen LogP contribution is 2.47. The lowest BCUT2D eigenvalue weighted by molar-refractivity contribution is 0.0632. The number of hydrogen-bond acceptors (Lipinski definition) is 6. The number of anilines is 1. The van der Waals surface area contributed by atoms with Crippen LogP contribution >= 0.6 is 0 Å². The molecule has 1 fully saturated rings. The van der Waals surface area contributed by atoms with Gasteiger partial charge in [0.15, 0.2) is 0 Å². The third kappa shape index (κ3) is 3.22. The van der Waals surface area contributed by atoms with Crippen molar-refractivity contribution in [3.63, 3.8) is 0 Å². The highest BCUT2D eigenvalue weighted by Gasteiger charge is 2.45. The molecule has 1 aromatic heterocycles. The van der Waals surface area contributed by atoms with E-state index in [4.69, 9.17) is 14.0 Å². The zero-order chi connectivity index (χ0) is 19.7. The van der Waals surface area contributed by atoms with Crippen LogP contribution in [0.1, 0.15) is 29.0 Å². The third-order valence-corrected chi connectivity index (χ3v) is 5.85. The molecule has 0 N–H and O–H groups in total. The van der Waals surface area contributed by atoms with E-state index in [1.54, 1.807) is 18.1 Å². The molecule has 2 aromatic rings. The number of hydrogen-bond donors (Lipinski definition) is 0. The Balaban J connectivity index is 1.51. The fourth-order valence-electron chi connectivity index (χ4n) is 4.32. The number of rotatable bonds is 5. The third-order valence-electron chi connectivity index (χ3n) is 5.85. The second-order valence-corrected chi connectivity index (χ2v) is 7.38. The maximum absolute atomic E-state index is 14.0. The smallest absolute Gasteiger partial charge is 0.292 e. The highest BCUT2D eigenvalue weighted by molar-refractivity contribution is 5.91. The monoisotopic (exact) mass is 389 g/mol. The summed E-state index contributed by atoms with van der Waals surface area (Å²) in [7, 11) is 3.16. The lowest BCUT2D eigenvalue weighted by atomic mass is 9.74. The number of carbonyl (C=O) groups excluding carboxylic acids is 1. The normalized spacial score (nSPS) is 17.8. The number of methoxy groups -OCH3 is 2. The van der Waals surface area contributed by atoms with Gasteiger partial charge in [-0.25, -0.2) is 4.39 Å². The number of carbonyl (C=O) groups is 1. The molecule has 0 bridgehead atoms. The SMILES string of the molecule is COCCN1CC2(CCN(C(=O)c3cc(OC)no3)CC2)c2cc(F)ccc21. The van der Waals surface area contributed by atoms with Crippen molar-refractivity contribution in [2.24, 2.45) is 0 Å². The molecule has 1 amide bonds. The van der Waals surface area contributed by atoms with Crippen LogP contribution < -0.4 is 9.64 Å². The molecule has 2 aliphatic rings. The molecule has 7 nitrogen and oxygen atoms in total. The van der Waals surface area contributed by atoms with E-state index in [1.165, 1.54) is 19.2 Å². The van der Waals surface area contributed by atoms with E-state index in [1.807, 2.05) is 6.07 Å². The van der Waals surface area contributed by atoms with E-state index in [0.29, 0.717) is 19.7 Å². The fraction of sp³-hybridized carbons (Fsp3) is 0.500. The van der Waals surface area contributed by atoms with Crippen molar-refractivity contribution < 1.29 is 23.2 Å². The van der Waals surface area contributed by atoms with Gasteiger partial charge in [-0.2, -0.15) is 0 Å². The Morgan fingerprint density at radius 3 is 2.75 bits per heavy atom. The summed E-state index contributed by atoms with van der Waals surface area (Å²) in [4.78, 5) is 16.7. The molecule has 150 valence electrons. The summed E-state index contributed by atoms with van der Waals surface area (Å²) in [6, 6.07) is 6.52. The molecule has 8 heteroatoms. The zero-order valence-electron chi connectivity index (χ0n) is 16.1. The van der Waals surface area contributed by atoms with Gasteiger partial charge in [-0.3, -0.25) is 4.79 Å². The summed E-state index contributed by atoms with van der Waals surface area (Å²) in [6.07, 6.45) is 1.54. The molecular weight excluding hydrogens is 365 g/mol. The number of halogens is 1. The zero-order valence-corrected chi connectivity index (χ0v) is 16.1. The van der Waals surface area contributed by atoms with Crippen LogP contribution in [0.15, 0.2) is 28.8 Å². The molecule has 0 saturated carbocycles. The lowest BCUT2D eigenvalue weighted by Gasteiger charge is -2.39. The molecule has 0 aliphatic carbocycles. The second-order valence-electron chi connectivity index (χ2n) is 7.38. The van der Waals surface area contributed by atoms with Crippen LogP contribution in [0, 0.1) is 5.82 Å². The van der Waals surface area contributed by atoms with E-state index in [2.05, 4.69) is 10.1 Å².